The zero-order valence-corrected chi connectivity index (χ0v) is 15.6. The second kappa shape index (κ2) is 8.34. The SMILES string of the molecule is Cc1ccccc1C(C)NC(CNC(=O)OC(C)(C)C)C(C)C. The number of hydrogen-bond donors (Lipinski definition) is 2. The van der Waals surface area contributed by atoms with Crippen LogP contribution in [0.4, 0.5) is 4.79 Å². The highest BCUT2D eigenvalue weighted by Crippen LogP contribution is 2.18. The Kier molecular flexibility index (Phi) is 7.07. The van der Waals surface area contributed by atoms with Gasteiger partial charge in [-0.3, -0.25) is 0 Å². The monoisotopic (exact) mass is 320 g/mol. The number of benzene rings is 1. The molecule has 0 saturated carbocycles. The van der Waals surface area contributed by atoms with Gasteiger partial charge in [-0.25, -0.2) is 4.79 Å². The third-order valence-electron chi connectivity index (χ3n) is 3.79. The Hall–Kier alpha value is -1.55. The highest BCUT2D eigenvalue weighted by Gasteiger charge is 2.21. The van der Waals surface area contributed by atoms with Crippen LogP contribution in [-0.2, 0) is 4.74 Å². The van der Waals surface area contributed by atoms with Gasteiger partial charge >= 0.3 is 6.09 Å². The van der Waals surface area contributed by atoms with E-state index in [2.05, 4.69) is 62.6 Å². The minimum Gasteiger partial charge on any atom is -0.444 e. The molecule has 1 amide bonds. The van der Waals surface area contributed by atoms with E-state index in [1.165, 1.54) is 11.1 Å². The predicted molar refractivity (Wildman–Crippen MR) is 95.6 cm³/mol. The van der Waals surface area contributed by atoms with Gasteiger partial charge in [-0.15, -0.1) is 0 Å². The van der Waals surface area contributed by atoms with E-state index in [-0.39, 0.29) is 18.2 Å². The molecule has 0 heterocycles. The van der Waals surface area contributed by atoms with Gasteiger partial charge in [0.25, 0.3) is 0 Å². The van der Waals surface area contributed by atoms with Crippen LogP contribution >= 0.6 is 0 Å². The first kappa shape index (κ1) is 19.5. The average Bonchev–Trinajstić information content (AvgIpc) is 2.41. The summed E-state index contributed by atoms with van der Waals surface area (Å²) in [6, 6.07) is 8.78. The number of amides is 1. The molecule has 2 atom stereocenters. The minimum atomic E-state index is -0.473. The summed E-state index contributed by atoms with van der Waals surface area (Å²) in [5.41, 5.74) is 2.09. The summed E-state index contributed by atoms with van der Waals surface area (Å²) in [5.74, 6) is 0.399. The van der Waals surface area contributed by atoms with Crippen LogP contribution < -0.4 is 10.6 Å². The van der Waals surface area contributed by atoms with Crippen LogP contribution in [0.5, 0.6) is 0 Å². The molecule has 4 nitrogen and oxygen atoms in total. The third-order valence-corrected chi connectivity index (χ3v) is 3.79. The molecular formula is C19H32N2O2. The van der Waals surface area contributed by atoms with E-state index in [1.54, 1.807) is 0 Å². The molecule has 1 aromatic rings. The number of nitrogens with one attached hydrogen (secondary N) is 2. The molecule has 1 rings (SSSR count). The minimum absolute atomic E-state index is 0.178. The van der Waals surface area contributed by atoms with E-state index in [4.69, 9.17) is 4.74 Å². The van der Waals surface area contributed by atoms with Gasteiger partial charge in [0.2, 0.25) is 0 Å². The summed E-state index contributed by atoms with van der Waals surface area (Å²) in [4.78, 5) is 11.8. The van der Waals surface area contributed by atoms with Crippen LogP contribution in [0.3, 0.4) is 0 Å². The van der Waals surface area contributed by atoms with Gasteiger partial charge in [-0.05, 0) is 51.7 Å². The van der Waals surface area contributed by atoms with Gasteiger partial charge in [0.1, 0.15) is 5.60 Å². The van der Waals surface area contributed by atoms with Crippen LogP contribution in [0.15, 0.2) is 24.3 Å². The first-order valence-corrected chi connectivity index (χ1v) is 8.38. The second-order valence-corrected chi connectivity index (χ2v) is 7.48. The van der Waals surface area contributed by atoms with Crippen molar-refractivity contribution in [2.24, 2.45) is 5.92 Å². The lowest BCUT2D eigenvalue weighted by Crippen LogP contribution is -2.46. The van der Waals surface area contributed by atoms with Crippen molar-refractivity contribution in [1.29, 1.82) is 0 Å². The average molecular weight is 320 g/mol. The lowest BCUT2D eigenvalue weighted by atomic mass is 9.98. The topological polar surface area (TPSA) is 50.4 Å². The molecular weight excluding hydrogens is 288 g/mol. The van der Waals surface area contributed by atoms with E-state index in [0.29, 0.717) is 12.5 Å². The molecule has 0 aromatic heterocycles. The Morgan fingerprint density at radius 2 is 1.78 bits per heavy atom. The van der Waals surface area contributed by atoms with Crippen molar-refractivity contribution in [3.63, 3.8) is 0 Å². The zero-order chi connectivity index (χ0) is 17.6. The van der Waals surface area contributed by atoms with Crippen molar-refractivity contribution in [2.45, 2.75) is 66.2 Å². The van der Waals surface area contributed by atoms with Crippen molar-refractivity contribution in [1.82, 2.24) is 10.6 Å². The number of ether oxygens (including phenoxy) is 1. The Balaban J connectivity index is 2.62. The highest BCUT2D eigenvalue weighted by molar-refractivity contribution is 5.67. The summed E-state index contributed by atoms with van der Waals surface area (Å²) < 4.78 is 5.30. The number of alkyl carbamates (subject to hydrolysis) is 1. The molecule has 0 fully saturated rings. The predicted octanol–water partition coefficient (Wildman–Crippen LogP) is 4.19. The molecule has 1 aromatic carbocycles. The molecule has 0 aliphatic carbocycles. The molecule has 0 bridgehead atoms. The molecule has 0 spiro atoms. The summed E-state index contributed by atoms with van der Waals surface area (Å²) >= 11 is 0. The molecule has 0 aliphatic heterocycles. The van der Waals surface area contributed by atoms with Gasteiger partial charge in [0.05, 0.1) is 0 Å². The van der Waals surface area contributed by atoms with E-state index in [0.717, 1.165) is 0 Å². The Morgan fingerprint density at radius 1 is 1.17 bits per heavy atom. The zero-order valence-electron chi connectivity index (χ0n) is 15.6. The quantitative estimate of drug-likeness (QED) is 0.826. The maximum Gasteiger partial charge on any atom is 0.407 e. The van der Waals surface area contributed by atoms with Crippen molar-refractivity contribution >= 4 is 6.09 Å². The van der Waals surface area contributed by atoms with Crippen molar-refractivity contribution in [2.75, 3.05) is 6.54 Å². The molecule has 2 unspecified atom stereocenters. The van der Waals surface area contributed by atoms with Crippen molar-refractivity contribution in [3.8, 4) is 0 Å². The van der Waals surface area contributed by atoms with Gasteiger partial charge in [0, 0.05) is 18.6 Å². The highest BCUT2D eigenvalue weighted by atomic mass is 16.6. The van der Waals surface area contributed by atoms with Crippen LogP contribution in [0, 0.1) is 12.8 Å². The fourth-order valence-electron chi connectivity index (χ4n) is 2.48. The van der Waals surface area contributed by atoms with Gasteiger partial charge in [-0.2, -0.15) is 0 Å². The smallest absolute Gasteiger partial charge is 0.407 e. The Labute approximate surface area is 141 Å². The Morgan fingerprint density at radius 3 is 2.30 bits per heavy atom. The molecule has 0 radical (unpaired) electrons. The molecule has 130 valence electrons. The first-order valence-electron chi connectivity index (χ1n) is 8.38. The number of aryl methyl sites for hydroxylation is 1. The van der Waals surface area contributed by atoms with Crippen LogP contribution in [0.1, 0.15) is 58.7 Å². The number of rotatable bonds is 6. The lowest BCUT2D eigenvalue weighted by Gasteiger charge is -2.28. The summed E-state index contributed by atoms with van der Waals surface area (Å²) in [6.07, 6.45) is -0.367. The number of carbonyl (C=O) groups excluding carboxylic acids is 1. The van der Waals surface area contributed by atoms with Gasteiger partial charge < -0.3 is 15.4 Å². The molecule has 23 heavy (non-hydrogen) atoms. The van der Waals surface area contributed by atoms with Crippen LogP contribution in [0.2, 0.25) is 0 Å². The fraction of sp³-hybridized carbons (Fsp3) is 0.632. The maximum absolute atomic E-state index is 11.8. The fourth-order valence-corrected chi connectivity index (χ4v) is 2.48. The molecule has 2 N–H and O–H groups in total. The number of carbonyl (C=O) groups is 1. The van der Waals surface area contributed by atoms with E-state index in [1.807, 2.05) is 20.8 Å². The normalized spacial score (nSPS) is 14.4. The summed E-state index contributed by atoms with van der Waals surface area (Å²) in [7, 11) is 0. The van der Waals surface area contributed by atoms with Crippen molar-refractivity contribution in [3.05, 3.63) is 35.4 Å². The molecule has 0 aliphatic rings. The third kappa shape index (κ3) is 7.04. The van der Waals surface area contributed by atoms with E-state index < -0.39 is 5.60 Å². The first-order chi connectivity index (χ1) is 10.6. The second-order valence-electron chi connectivity index (χ2n) is 7.48. The van der Waals surface area contributed by atoms with Gasteiger partial charge in [0.15, 0.2) is 0 Å². The van der Waals surface area contributed by atoms with Crippen LogP contribution in [-0.4, -0.2) is 24.3 Å². The standard InChI is InChI=1S/C19H32N2O2/c1-13(2)17(12-20-18(22)23-19(5,6)7)21-15(4)16-11-9-8-10-14(16)3/h8-11,13,15,17,21H,12H2,1-7H3,(H,20,22). The lowest BCUT2D eigenvalue weighted by molar-refractivity contribution is 0.0518. The van der Waals surface area contributed by atoms with Crippen LogP contribution in [0.25, 0.3) is 0 Å². The molecule has 4 heteroatoms. The molecule has 0 saturated heterocycles. The van der Waals surface area contributed by atoms with E-state index >= 15 is 0 Å². The number of hydrogen-bond acceptors (Lipinski definition) is 3. The summed E-state index contributed by atoms with van der Waals surface area (Å²) in [6.45, 7) is 14.7. The Bertz CT molecular complexity index is 506. The maximum atomic E-state index is 11.8. The summed E-state index contributed by atoms with van der Waals surface area (Å²) in [5, 5.41) is 6.49. The van der Waals surface area contributed by atoms with Crippen molar-refractivity contribution < 1.29 is 9.53 Å². The van der Waals surface area contributed by atoms with Gasteiger partial charge in [-0.1, -0.05) is 38.1 Å². The van der Waals surface area contributed by atoms with E-state index in [9.17, 15) is 4.79 Å². The largest absolute Gasteiger partial charge is 0.444 e.